The average Bonchev–Trinajstić information content (AvgIpc) is 3.08. The van der Waals surface area contributed by atoms with E-state index in [-0.39, 0.29) is 0 Å². The van der Waals surface area contributed by atoms with E-state index in [1.165, 1.54) is 33.6 Å². The fourth-order valence-corrected chi connectivity index (χ4v) is 4.02. The molecule has 0 fully saturated rings. The first kappa shape index (κ1) is 16.0. The average molecular weight is 351 g/mol. The Bertz CT molecular complexity index is 1100. The van der Waals surface area contributed by atoms with Crippen LogP contribution in [0.1, 0.15) is 22.6 Å². The van der Waals surface area contributed by atoms with Crippen LogP contribution in [-0.2, 0) is 19.4 Å². The Morgan fingerprint density at radius 3 is 2.44 bits per heavy atom. The summed E-state index contributed by atoms with van der Waals surface area (Å²) < 4.78 is 2.47. The molecule has 2 aromatic heterocycles. The van der Waals surface area contributed by atoms with Crippen molar-refractivity contribution < 1.29 is 0 Å². The summed E-state index contributed by atoms with van der Waals surface area (Å²) in [5, 5.41) is 0. The van der Waals surface area contributed by atoms with Gasteiger partial charge in [-0.1, -0.05) is 60.7 Å². The monoisotopic (exact) mass is 351 g/mol. The number of aryl methyl sites for hydroxylation is 2. The van der Waals surface area contributed by atoms with E-state index in [9.17, 15) is 0 Å². The number of fused-ring (bicyclic) bond motifs is 3. The normalized spacial score (nSPS) is 12.5. The van der Waals surface area contributed by atoms with Crippen molar-refractivity contribution in [1.29, 1.82) is 0 Å². The molecule has 4 aromatic rings. The highest BCUT2D eigenvalue weighted by Gasteiger charge is 2.24. The molecule has 5 rings (SSSR count). The van der Waals surface area contributed by atoms with Crippen LogP contribution >= 0.6 is 0 Å². The molecule has 0 bridgehead atoms. The van der Waals surface area contributed by atoms with Gasteiger partial charge in [-0.15, -0.1) is 0 Å². The lowest BCUT2D eigenvalue weighted by molar-refractivity contribution is 0.730. The van der Waals surface area contributed by atoms with Crippen molar-refractivity contribution in [3.05, 3.63) is 95.6 Å². The third-order valence-corrected chi connectivity index (χ3v) is 5.33. The smallest absolute Gasteiger partial charge is 0.125 e. The molecule has 2 heterocycles. The third-order valence-electron chi connectivity index (χ3n) is 5.33. The Kier molecular flexibility index (Phi) is 3.86. The van der Waals surface area contributed by atoms with Crippen LogP contribution in [0.4, 0.5) is 0 Å². The van der Waals surface area contributed by atoms with Gasteiger partial charge in [-0.25, -0.2) is 9.97 Å². The summed E-state index contributed by atoms with van der Waals surface area (Å²) in [6.45, 7) is 2.84. The molecule has 1 aliphatic rings. The number of aromatic nitrogens is 3. The van der Waals surface area contributed by atoms with E-state index < -0.39 is 0 Å². The van der Waals surface area contributed by atoms with Gasteiger partial charge in [0.05, 0.1) is 5.69 Å². The second kappa shape index (κ2) is 6.51. The van der Waals surface area contributed by atoms with E-state index in [0.717, 1.165) is 30.9 Å². The fourth-order valence-electron chi connectivity index (χ4n) is 4.02. The summed E-state index contributed by atoms with van der Waals surface area (Å²) in [4.78, 5) is 9.19. The lowest BCUT2D eigenvalue weighted by atomic mass is 9.95. The van der Waals surface area contributed by atoms with Crippen molar-refractivity contribution >= 4 is 0 Å². The van der Waals surface area contributed by atoms with Gasteiger partial charge in [-0.05, 0) is 42.5 Å². The van der Waals surface area contributed by atoms with Gasteiger partial charge in [0.2, 0.25) is 0 Å². The molecule has 27 heavy (non-hydrogen) atoms. The Morgan fingerprint density at radius 1 is 0.926 bits per heavy atom. The van der Waals surface area contributed by atoms with Gasteiger partial charge in [0, 0.05) is 29.7 Å². The third kappa shape index (κ3) is 2.85. The summed E-state index contributed by atoms with van der Waals surface area (Å²) in [6, 6.07) is 23.7. The van der Waals surface area contributed by atoms with E-state index in [1.807, 2.05) is 13.1 Å². The molecular formula is C24H21N3. The summed E-state index contributed by atoms with van der Waals surface area (Å²) >= 11 is 0. The van der Waals surface area contributed by atoms with Crippen LogP contribution in [0.3, 0.4) is 0 Å². The molecule has 0 atom stereocenters. The maximum Gasteiger partial charge on any atom is 0.125 e. The summed E-state index contributed by atoms with van der Waals surface area (Å²) in [5.41, 5.74) is 8.82. The molecule has 0 saturated carbocycles. The Morgan fingerprint density at radius 2 is 1.67 bits per heavy atom. The van der Waals surface area contributed by atoms with Gasteiger partial charge in [-0.3, -0.25) is 0 Å². The number of rotatable bonds is 3. The van der Waals surface area contributed by atoms with Gasteiger partial charge in [-0.2, -0.15) is 0 Å². The van der Waals surface area contributed by atoms with Gasteiger partial charge in [0.25, 0.3) is 0 Å². The van der Waals surface area contributed by atoms with Crippen LogP contribution in [-0.4, -0.2) is 14.5 Å². The minimum Gasteiger partial charge on any atom is -0.339 e. The first-order valence-corrected chi connectivity index (χ1v) is 9.44. The molecule has 0 radical (unpaired) electrons. The van der Waals surface area contributed by atoms with Crippen molar-refractivity contribution in [3.63, 3.8) is 0 Å². The zero-order valence-corrected chi connectivity index (χ0v) is 15.4. The highest BCUT2D eigenvalue weighted by Crippen LogP contribution is 2.38. The van der Waals surface area contributed by atoms with Crippen molar-refractivity contribution in [2.45, 2.75) is 26.3 Å². The predicted octanol–water partition coefficient (Wildman–Crippen LogP) is 5.07. The molecule has 0 N–H and O–H groups in total. The van der Waals surface area contributed by atoms with E-state index in [2.05, 4.69) is 76.3 Å². The van der Waals surface area contributed by atoms with Crippen molar-refractivity contribution in [3.8, 4) is 22.5 Å². The zero-order chi connectivity index (χ0) is 18.2. The molecule has 2 aromatic carbocycles. The maximum atomic E-state index is 4.79. The standard InChI is InChI=1S/C24H21N3/c1-17-25-15-20-12-13-22-21(24(20)26-17)14-23(19-10-6-3-7-11-19)27(22)16-18-8-4-2-5-9-18/h2-11,14-15H,12-13,16H2,1H3. The molecular weight excluding hydrogens is 330 g/mol. The summed E-state index contributed by atoms with van der Waals surface area (Å²) in [6.07, 6.45) is 4.02. The maximum absolute atomic E-state index is 4.79. The van der Waals surface area contributed by atoms with Crippen LogP contribution in [0.25, 0.3) is 22.5 Å². The largest absolute Gasteiger partial charge is 0.339 e. The minimum atomic E-state index is 0.832. The van der Waals surface area contributed by atoms with Crippen LogP contribution in [0.5, 0.6) is 0 Å². The van der Waals surface area contributed by atoms with Gasteiger partial charge in [0.15, 0.2) is 0 Å². The first-order valence-electron chi connectivity index (χ1n) is 9.44. The lowest BCUT2D eigenvalue weighted by Crippen LogP contribution is -2.12. The van der Waals surface area contributed by atoms with Crippen molar-refractivity contribution in [2.75, 3.05) is 0 Å². The Labute approximate surface area is 159 Å². The molecule has 3 nitrogen and oxygen atoms in total. The summed E-state index contributed by atoms with van der Waals surface area (Å²) in [7, 11) is 0. The Balaban J connectivity index is 1.72. The van der Waals surface area contributed by atoms with E-state index in [0.29, 0.717) is 0 Å². The van der Waals surface area contributed by atoms with Crippen LogP contribution in [0.15, 0.2) is 72.9 Å². The quantitative estimate of drug-likeness (QED) is 0.516. The van der Waals surface area contributed by atoms with Gasteiger partial charge in [0.1, 0.15) is 5.82 Å². The number of hydrogen-bond donors (Lipinski definition) is 0. The molecule has 0 unspecified atom stereocenters. The summed E-state index contributed by atoms with van der Waals surface area (Å²) in [5.74, 6) is 0.832. The highest BCUT2D eigenvalue weighted by atomic mass is 15.0. The zero-order valence-electron chi connectivity index (χ0n) is 15.4. The van der Waals surface area contributed by atoms with Crippen molar-refractivity contribution in [1.82, 2.24) is 14.5 Å². The second-order valence-electron chi connectivity index (χ2n) is 7.12. The second-order valence-corrected chi connectivity index (χ2v) is 7.12. The van der Waals surface area contributed by atoms with Crippen molar-refractivity contribution in [2.24, 2.45) is 0 Å². The molecule has 0 spiro atoms. The topological polar surface area (TPSA) is 30.7 Å². The van der Waals surface area contributed by atoms with E-state index in [1.54, 1.807) is 0 Å². The van der Waals surface area contributed by atoms with Gasteiger partial charge < -0.3 is 4.57 Å². The molecule has 0 amide bonds. The van der Waals surface area contributed by atoms with Crippen LogP contribution in [0.2, 0.25) is 0 Å². The van der Waals surface area contributed by atoms with Crippen LogP contribution < -0.4 is 0 Å². The predicted molar refractivity (Wildman–Crippen MR) is 109 cm³/mol. The highest BCUT2D eigenvalue weighted by molar-refractivity contribution is 5.76. The molecule has 0 aliphatic heterocycles. The lowest BCUT2D eigenvalue weighted by Gasteiger charge is -2.19. The Hall–Kier alpha value is -3.20. The molecule has 0 saturated heterocycles. The number of benzene rings is 2. The SMILES string of the molecule is Cc1ncc2c(n1)-c1cc(-c3ccccc3)n(Cc3ccccc3)c1CC2. The van der Waals surface area contributed by atoms with Gasteiger partial charge >= 0.3 is 0 Å². The molecule has 132 valence electrons. The molecule has 1 aliphatic carbocycles. The van der Waals surface area contributed by atoms with E-state index in [4.69, 9.17) is 4.98 Å². The molecule has 3 heteroatoms. The number of nitrogens with zero attached hydrogens (tertiary/aromatic N) is 3. The van der Waals surface area contributed by atoms with Crippen LogP contribution in [0, 0.1) is 6.92 Å². The number of hydrogen-bond acceptors (Lipinski definition) is 2. The first-order chi connectivity index (χ1) is 13.3. The minimum absolute atomic E-state index is 0.832. The van der Waals surface area contributed by atoms with E-state index >= 15 is 0 Å². The fraction of sp³-hybridized carbons (Fsp3) is 0.167.